The number of fused-ring (bicyclic) bond motifs is 1. The molecule has 0 bridgehead atoms. The van der Waals surface area contributed by atoms with E-state index in [1.54, 1.807) is 6.08 Å². The van der Waals surface area contributed by atoms with E-state index in [9.17, 15) is 5.26 Å². The van der Waals surface area contributed by atoms with Gasteiger partial charge in [-0.3, -0.25) is 0 Å². The molecule has 1 nitrogen and oxygen atoms in total. The fraction of sp³-hybridized carbons (Fsp3) is 0.195. The molecule has 0 amide bonds. The van der Waals surface area contributed by atoms with Gasteiger partial charge in [-0.05, 0) is 93.9 Å². The third-order valence-electron chi connectivity index (χ3n) is 7.14. The Balaban J connectivity index is 0.00000148. The average Bonchev–Trinajstić information content (AvgIpc) is 3.05. The van der Waals surface area contributed by atoms with E-state index in [2.05, 4.69) is 119 Å². The smallest absolute Gasteiger partial charge is 0.100 e. The summed E-state index contributed by atoms with van der Waals surface area (Å²) in [6.45, 7) is 24.5. The van der Waals surface area contributed by atoms with Gasteiger partial charge < -0.3 is 0 Å². The van der Waals surface area contributed by atoms with Crippen LogP contribution >= 0.6 is 0 Å². The minimum atomic E-state index is 0.619. The van der Waals surface area contributed by atoms with Crippen LogP contribution in [0.3, 0.4) is 0 Å². The maximum atomic E-state index is 10.3. The van der Waals surface area contributed by atoms with Crippen molar-refractivity contribution in [2.24, 2.45) is 0 Å². The highest BCUT2D eigenvalue weighted by atomic mass is 14.3. The standard InChI is InChI=1S/C37H33N.2C2H6/c1-7-9-13-25(3)26(4)22-35-28(6)27(5)34(12-8-2)36(24-38)37(35)31-19-16-30(17-20-31)33-21-18-29-14-10-11-15-32(29)23-33;2*1-2/h7-23H,2,5H2,1,3-4,6H3;2*1-2H3/b9-7-,25-13+,26-22+,34-12+;;. The Morgan fingerprint density at radius 3 is 2.00 bits per heavy atom. The van der Waals surface area contributed by atoms with Gasteiger partial charge in [-0.25, -0.2) is 0 Å². The molecule has 42 heavy (non-hydrogen) atoms. The van der Waals surface area contributed by atoms with E-state index in [-0.39, 0.29) is 0 Å². The van der Waals surface area contributed by atoms with E-state index in [1.807, 2.05) is 52.8 Å². The highest BCUT2D eigenvalue weighted by Crippen LogP contribution is 2.32. The molecule has 0 unspecified atom stereocenters. The Morgan fingerprint density at radius 1 is 0.810 bits per heavy atom. The number of allylic oxidation sites excluding steroid dienone is 6. The highest BCUT2D eigenvalue weighted by molar-refractivity contribution is 5.88. The zero-order chi connectivity index (χ0) is 31.2. The Morgan fingerprint density at radius 2 is 1.40 bits per heavy atom. The molecule has 0 saturated carbocycles. The van der Waals surface area contributed by atoms with Crippen LogP contribution in [0.5, 0.6) is 0 Å². The van der Waals surface area contributed by atoms with Gasteiger partial charge in [0.05, 0.1) is 5.56 Å². The molecule has 0 aliphatic carbocycles. The molecule has 0 atom stereocenters. The number of nitriles is 1. The minimum absolute atomic E-state index is 0.619. The lowest BCUT2D eigenvalue weighted by Gasteiger charge is -2.16. The molecule has 0 aromatic heterocycles. The second kappa shape index (κ2) is 16.6. The topological polar surface area (TPSA) is 23.8 Å². The van der Waals surface area contributed by atoms with Gasteiger partial charge in [-0.2, -0.15) is 5.26 Å². The molecule has 0 aliphatic rings. The largest absolute Gasteiger partial charge is 0.192 e. The highest BCUT2D eigenvalue weighted by Gasteiger charge is 2.16. The van der Waals surface area contributed by atoms with Gasteiger partial charge in [0.2, 0.25) is 0 Å². The summed E-state index contributed by atoms with van der Waals surface area (Å²) in [5.41, 5.74) is 9.25. The number of benzene rings is 4. The lowest BCUT2D eigenvalue weighted by atomic mass is 9.86. The molecule has 0 radical (unpaired) electrons. The molecular formula is C41H45N. The lowest BCUT2D eigenvalue weighted by molar-refractivity contribution is 1.31. The Labute approximate surface area is 253 Å². The molecule has 0 N–H and O–H groups in total. The summed E-state index contributed by atoms with van der Waals surface area (Å²) in [5.74, 6) is 0. The number of nitrogens with zero attached hydrogens (tertiary/aromatic N) is 1. The summed E-state index contributed by atoms with van der Waals surface area (Å²) in [5, 5.41) is 14.5. The van der Waals surface area contributed by atoms with Gasteiger partial charge in [-0.15, -0.1) is 0 Å². The summed E-state index contributed by atoms with van der Waals surface area (Å²) in [6.07, 6.45) is 12.0. The van der Waals surface area contributed by atoms with E-state index in [0.29, 0.717) is 5.56 Å². The number of hydrogen-bond donors (Lipinski definition) is 0. The molecular weight excluding hydrogens is 506 g/mol. The molecule has 0 spiro atoms. The maximum absolute atomic E-state index is 10.3. The van der Waals surface area contributed by atoms with Crippen LogP contribution in [0, 0.1) is 18.3 Å². The van der Waals surface area contributed by atoms with Crippen molar-refractivity contribution in [3.63, 3.8) is 0 Å². The summed E-state index contributed by atoms with van der Waals surface area (Å²) >= 11 is 0. The van der Waals surface area contributed by atoms with Gasteiger partial charge in [0.15, 0.2) is 0 Å². The zero-order valence-electron chi connectivity index (χ0n) is 26.7. The first-order chi connectivity index (χ1) is 20.4. The normalized spacial score (nSPS) is 11.8. The molecule has 0 fully saturated rings. The van der Waals surface area contributed by atoms with Crippen molar-refractivity contribution >= 4 is 29.5 Å². The second-order valence-corrected chi connectivity index (χ2v) is 9.54. The van der Waals surface area contributed by atoms with Gasteiger partial charge in [0.25, 0.3) is 0 Å². The summed E-state index contributed by atoms with van der Waals surface area (Å²) < 4.78 is 0. The zero-order valence-corrected chi connectivity index (χ0v) is 26.7. The van der Waals surface area contributed by atoms with Gasteiger partial charge >= 0.3 is 0 Å². The lowest BCUT2D eigenvalue weighted by Crippen LogP contribution is -2.31. The summed E-state index contributed by atoms with van der Waals surface area (Å²) in [6, 6.07) is 26.0. The molecule has 1 heteroatoms. The first-order valence-corrected chi connectivity index (χ1v) is 14.9. The SMILES string of the molecule is C=C/C=c1/c(C#N)c(-c2ccc(-c3ccc4ccccc4c3)cc2)c(/C=C(C)/C(C)=C/C=C\C)c(C)c1=C.CC.CC. The minimum Gasteiger partial charge on any atom is -0.192 e. The fourth-order valence-electron chi connectivity index (χ4n) is 4.77. The van der Waals surface area contributed by atoms with Crippen molar-refractivity contribution in [2.75, 3.05) is 0 Å². The van der Waals surface area contributed by atoms with Crippen LogP contribution in [0.2, 0.25) is 0 Å². The van der Waals surface area contributed by atoms with Gasteiger partial charge in [0, 0.05) is 5.56 Å². The van der Waals surface area contributed by atoms with E-state index in [4.69, 9.17) is 0 Å². The molecule has 0 saturated heterocycles. The van der Waals surface area contributed by atoms with Gasteiger partial charge in [-0.1, -0.05) is 138 Å². The van der Waals surface area contributed by atoms with Crippen LogP contribution in [0.15, 0.2) is 109 Å². The summed E-state index contributed by atoms with van der Waals surface area (Å²) in [4.78, 5) is 0. The predicted molar refractivity (Wildman–Crippen MR) is 189 cm³/mol. The molecule has 0 aliphatic heterocycles. The quantitative estimate of drug-likeness (QED) is 0.219. The first-order valence-electron chi connectivity index (χ1n) is 14.9. The Kier molecular flexibility index (Phi) is 13.2. The third kappa shape index (κ3) is 7.54. The number of rotatable bonds is 6. The Hall–Kier alpha value is -4.67. The van der Waals surface area contributed by atoms with Crippen molar-refractivity contribution in [3.05, 3.63) is 136 Å². The van der Waals surface area contributed by atoms with Crippen molar-refractivity contribution in [2.45, 2.75) is 55.4 Å². The van der Waals surface area contributed by atoms with Crippen molar-refractivity contribution in [1.29, 1.82) is 5.26 Å². The molecule has 4 rings (SSSR count). The van der Waals surface area contributed by atoms with E-state index < -0.39 is 0 Å². The molecule has 214 valence electrons. The van der Waals surface area contributed by atoms with Crippen molar-refractivity contribution in [3.8, 4) is 28.3 Å². The predicted octanol–water partition coefficient (Wildman–Crippen LogP) is 10.7. The van der Waals surface area contributed by atoms with Gasteiger partial charge in [0.1, 0.15) is 6.07 Å². The second-order valence-electron chi connectivity index (χ2n) is 9.54. The first kappa shape index (κ1) is 33.5. The van der Waals surface area contributed by atoms with Crippen LogP contribution in [-0.4, -0.2) is 0 Å². The van der Waals surface area contributed by atoms with Crippen LogP contribution in [0.4, 0.5) is 0 Å². The molecule has 4 aromatic carbocycles. The monoisotopic (exact) mass is 551 g/mol. The maximum Gasteiger partial charge on any atom is 0.100 e. The average molecular weight is 552 g/mol. The van der Waals surface area contributed by atoms with E-state index >= 15 is 0 Å². The van der Waals surface area contributed by atoms with Crippen molar-refractivity contribution in [1.82, 2.24) is 0 Å². The third-order valence-corrected chi connectivity index (χ3v) is 7.14. The molecule has 0 heterocycles. The van der Waals surface area contributed by atoms with Crippen LogP contribution in [-0.2, 0) is 0 Å². The van der Waals surface area contributed by atoms with Crippen LogP contribution in [0.25, 0.3) is 51.8 Å². The van der Waals surface area contributed by atoms with Crippen LogP contribution < -0.4 is 10.4 Å². The van der Waals surface area contributed by atoms with Crippen LogP contribution in [0.1, 0.15) is 65.2 Å². The Bertz CT molecular complexity index is 1770. The number of hydrogen-bond acceptors (Lipinski definition) is 1. The van der Waals surface area contributed by atoms with E-state index in [1.165, 1.54) is 21.9 Å². The van der Waals surface area contributed by atoms with Crippen molar-refractivity contribution < 1.29 is 0 Å². The molecule has 4 aromatic rings. The fourth-order valence-corrected chi connectivity index (χ4v) is 4.77. The van der Waals surface area contributed by atoms with E-state index in [0.717, 1.165) is 43.8 Å². The summed E-state index contributed by atoms with van der Waals surface area (Å²) in [7, 11) is 0.